The maximum Gasteiger partial charge on any atom is 0.294 e. The predicted molar refractivity (Wildman–Crippen MR) is 82.3 cm³/mol. The molecule has 0 spiro atoms. The quantitative estimate of drug-likeness (QED) is 0.366. The lowest BCUT2D eigenvalue weighted by molar-refractivity contribution is -0.757. The molecule has 0 saturated carbocycles. The number of hydrogen-bond donors (Lipinski definition) is 2. The molecule has 0 aliphatic heterocycles. The van der Waals surface area contributed by atoms with Gasteiger partial charge in [0, 0.05) is 12.6 Å². The van der Waals surface area contributed by atoms with E-state index in [4.69, 9.17) is 4.74 Å². The molecule has 0 saturated heterocycles. The first kappa shape index (κ1) is 18.2. The van der Waals surface area contributed by atoms with E-state index in [2.05, 4.69) is 10.2 Å². The molecule has 1 unspecified atom stereocenters. The second kappa shape index (κ2) is 9.97. The standard InChI is InChI=1S/C15H24N2O5/c1-12(2)16-10-14(18)11-21-15-7-5-13(6-8-15)4-3-9-22-17(19)20/h5-8,12,14,16,18H,3-4,9-11H2,1-2H3. The van der Waals surface area contributed by atoms with E-state index in [0.717, 1.165) is 5.56 Å². The Morgan fingerprint density at radius 2 is 2.00 bits per heavy atom. The smallest absolute Gasteiger partial charge is 0.294 e. The van der Waals surface area contributed by atoms with E-state index in [9.17, 15) is 15.2 Å². The van der Waals surface area contributed by atoms with Crippen molar-refractivity contribution in [1.29, 1.82) is 0 Å². The molecule has 0 aliphatic carbocycles. The fraction of sp³-hybridized carbons (Fsp3) is 0.600. The molecule has 1 aromatic carbocycles. The summed E-state index contributed by atoms with van der Waals surface area (Å²) in [6.45, 7) is 4.86. The number of aliphatic hydroxyl groups excluding tert-OH is 1. The van der Waals surface area contributed by atoms with Crippen molar-refractivity contribution in [2.75, 3.05) is 19.8 Å². The summed E-state index contributed by atoms with van der Waals surface area (Å²) in [5.41, 5.74) is 1.06. The second-order valence-corrected chi connectivity index (χ2v) is 5.33. The van der Waals surface area contributed by atoms with E-state index in [1.165, 1.54) is 0 Å². The molecule has 0 heterocycles. The van der Waals surface area contributed by atoms with Crippen LogP contribution < -0.4 is 10.1 Å². The van der Waals surface area contributed by atoms with Crippen LogP contribution in [0.15, 0.2) is 24.3 Å². The molecule has 1 atom stereocenters. The third kappa shape index (κ3) is 8.43. The molecule has 2 N–H and O–H groups in total. The van der Waals surface area contributed by atoms with Gasteiger partial charge in [0.05, 0.1) is 6.61 Å². The first-order chi connectivity index (χ1) is 10.5. The van der Waals surface area contributed by atoms with Gasteiger partial charge in [0.1, 0.15) is 18.5 Å². The van der Waals surface area contributed by atoms with Crippen LogP contribution in [-0.2, 0) is 11.3 Å². The average molecular weight is 312 g/mol. The van der Waals surface area contributed by atoms with Crippen molar-refractivity contribution in [1.82, 2.24) is 5.32 Å². The Hall–Kier alpha value is -1.86. The van der Waals surface area contributed by atoms with Crippen molar-refractivity contribution >= 4 is 0 Å². The zero-order valence-electron chi connectivity index (χ0n) is 13.0. The Morgan fingerprint density at radius 1 is 1.32 bits per heavy atom. The molecule has 1 rings (SSSR count). The van der Waals surface area contributed by atoms with Gasteiger partial charge in [0.15, 0.2) is 0 Å². The van der Waals surface area contributed by atoms with E-state index >= 15 is 0 Å². The monoisotopic (exact) mass is 312 g/mol. The maximum atomic E-state index is 10.0. The Kier molecular flexibility index (Phi) is 8.24. The van der Waals surface area contributed by atoms with Gasteiger partial charge in [-0.25, -0.2) is 0 Å². The lowest BCUT2D eigenvalue weighted by Gasteiger charge is -2.15. The Balaban J connectivity index is 2.25. The Labute approximate surface area is 130 Å². The van der Waals surface area contributed by atoms with Crippen molar-refractivity contribution < 1.29 is 19.8 Å². The summed E-state index contributed by atoms with van der Waals surface area (Å²) in [6.07, 6.45) is 0.733. The van der Waals surface area contributed by atoms with Crippen LogP contribution >= 0.6 is 0 Å². The molecule has 124 valence electrons. The number of nitrogens with zero attached hydrogens (tertiary/aromatic N) is 1. The minimum Gasteiger partial charge on any atom is -0.491 e. The van der Waals surface area contributed by atoms with Crippen LogP contribution in [0.5, 0.6) is 5.75 Å². The minimum absolute atomic E-state index is 0.0975. The van der Waals surface area contributed by atoms with Crippen LogP contribution in [0.2, 0.25) is 0 Å². The van der Waals surface area contributed by atoms with Crippen molar-refractivity contribution in [3.8, 4) is 5.75 Å². The van der Waals surface area contributed by atoms with Crippen molar-refractivity contribution in [3.63, 3.8) is 0 Å². The Morgan fingerprint density at radius 3 is 2.59 bits per heavy atom. The number of ether oxygens (including phenoxy) is 1. The van der Waals surface area contributed by atoms with Crippen LogP contribution in [0.1, 0.15) is 25.8 Å². The van der Waals surface area contributed by atoms with Gasteiger partial charge in [-0.1, -0.05) is 26.0 Å². The van der Waals surface area contributed by atoms with Crippen LogP contribution in [-0.4, -0.2) is 42.1 Å². The molecule has 7 nitrogen and oxygen atoms in total. The lowest BCUT2D eigenvalue weighted by atomic mass is 10.1. The maximum absolute atomic E-state index is 10.0. The summed E-state index contributed by atoms with van der Waals surface area (Å²) >= 11 is 0. The number of benzene rings is 1. The van der Waals surface area contributed by atoms with Gasteiger partial charge in [0.25, 0.3) is 5.09 Å². The van der Waals surface area contributed by atoms with Crippen LogP contribution in [0.4, 0.5) is 0 Å². The first-order valence-corrected chi connectivity index (χ1v) is 7.38. The van der Waals surface area contributed by atoms with E-state index in [0.29, 0.717) is 31.2 Å². The van der Waals surface area contributed by atoms with E-state index in [1.54, 1.807) is 0 Å². The Bertz CT molecular complexity index is 436. The van der Waals surface area contributed by atoms with E-state index in [1.807, 2.05) is 38.1 Å². The van der Waals surface area contributed by atoms with Gasteiger partial charge < -0.3 is 20.0 Å². The summed E-state index contributed by atoms with van der Waals surface area (Å²) in [4.78, 5) is 14.3. The third-order valence-corrected chi connectivity index (χ3v) is 2.93. The number of rotatable bonds is 11. The molecule has 0 radical (unpaired) electrons. The van der Waals surface area contributed by atoms with Gasteiger partial charge in [-0.15, -0.1) is 10.1 Å². The molecule has 0 aliphatic rings. The second-order valence-electron chi connectivity index (χ2n) is 5.33. The number of aliphatic hydroxyl groups is 1. The van der Waals surface area contributed by atoms with E-state index in [-0.39, 0.29) is 13.2 Å². The summed E-state index contributed by atoms with van der Waals surface area (Å²) in [5, 5.41) is 22.1. The van der Waals surface area contributed by atoms with E-state index < -0.39 is 11.2 Å². The molecule has 7 heteroatoms. The molecule has 22 heavy (non-hydrogen) atoms. The summed E-state index contributed by atoms with van der Waals surface area (Å²) in [6, 6.07) is 7.78. The van der Waals surface area contributed by atoms with Gasteiger partial charge in [0.2, 0.25) is 0 Å². The number of aryl methyl sites for hydroxylation is 1. The van der Waals surface area contributed by atoms with Crippen molar-refractivity contribution in [2.45, 2.75) is 38.8 Å². The molecular formula is C15H24N2O5. The summed E-state index contributed by atoms with van der Waals surface area (Å²) in [5.74, 6) is 0.689. The highest BCUT2D eigenvalue weighted by Crippen LogP contribution is 2.13. The first-order valence-electron chi connectivity index (χ1n) is 7.38. The van der Waals surface area contributed by atoms with Gasteiger partial charge in [-0.2, -0.15) is 0 Å². The largest absolute Gasteiger partial charge is 0.491 e. The third-order valence-electron chi connectivity index (χ3n) is 2.93. The highest BCUT2D eigenvalue weighted by atomic mass is 16.9. The number of hydrogen-bond acceptors (Lipinski definition) is 6. The fourth-order valence-electron chi connectivity index (χ4n) is 1.79. The molecular weight excluding hydrogens is 288 g/mol. The predicted octanol–water partition coefficient (Wildman–Crippen LogP) is 1.57. The van der Waals surface area contributed by atoms with Gasteiger partial charge in [-0.3, -0.25) is 0 Å². The van der Waals surface area contributed by atoms with Crippen LogP contribution in [0.25, 0.3) is 0 Å². The van der Waals surface area contributed by atoms with Gasteiger partial charge >= 0.3 is 0 Å². The zero-order chi connectivity index (χ0) is 16.4. The molecule has 0 aromatic heterocycles. The molecule has 0 amide bonds. The topological polar surface area (TPSA) is 93.9 Å². The highest BCUT2D eigenvalue weighted by Gasteiger charge is 2.06. The number of nitrogens with one attached hydrogen (secondary N) is 1. The minimum atomic E-state index is -0.781. The molecule has 0 bridgehead atoms. The molecule has 1 aromatic rings. The van der Waals surface area contributed by atoms with Crippen LogP contribution in [0.3, 0.4) is 0 Å². The van der Waals surface area contributed by atoms with Crippen molar-refractivity contribution in [3.05, 3.63) is 39.9 Å². The van der Waals surface area contributed by atoms with Crippen LogP contribution in [0, 0.1) is 10.1 Å². The summed E-state index contributed by atoms with van der Waals surface area (Å²) in [7, 11) is 0. The summed E-state index contributed by atoms with van der Waals surface area (Å²) < 4.78 is 5.51. The SMILES string of the molecule is CC(C)NCC(O)COc1ccc(CCCO[N+](=O)[O-])cc1. The lowest BCUT2D eigenvalue weighted by Crippen LogP contribution is -2.35. The normalized spacial score (nSPS) is 12.2. The zero-order valence-corrected chi connectivity index (χ0v) is 13.0. The van der Waals surface area contributed by atoms with Crippen molar-refractivity contribution in [2.24, 2.45) is 0 Å². The molecule has 0 fully saturated rings. The highest BCUT2D eigenvalue weighted by molar-refractivity contribution is 5.27. The van der Waals surface area contributed by atoms with Gasteiger partial charge in [-0.05, 0) is 30.5 Å². The fourth-order valence-corrected chi connectivity index (χ4v) is 1.79. The average Bonchev–Trinajstić information content (AvgIpc) is 2.48.